The molecule has 0 saturated heterocycles. The van der Waals surface area contributed by atoms with Crippen molar-refractivity contribution in [3.8, 4) is 0 Å². The molecule has 0 aromatic heterocycles. The highest BCUT2D eigenvalue weighted by Gasteiger charge is 2.15. The normalized spacial score (nSPS) is 9.50. The van der Waals surface area contributed by atoms with Crippen molar-refractivity contribution in [3.05, 3.63) is 35.9 Å². The van der Waals surface area contributed by atoms with Crippen LogP contribution >= 0.6 is 0 Å². The molecule has 1 rings (SSSR count). The van der Waals surface area contributed by atoms with Crippen LogP contribution in [0.25, 0.3) is 0 Å². The molecule has 0 aliphatic heterocycles. The van der Waals surface area contributed by atoms with Gasteiger partial charge in [0.05, 0.1) is 0 Å². The second kappa shape index (κ2) is 8.03. The van der Waals surface area contributed by atoms with Gasteiger partial charge in [0.25, 0.3) is 0 Å². The molecule has 1 aromatic rings. The third-order valence-electron chi connectivity index (χ3n) is 1.68. The summed E-state index contributed by atoms with van der Waals surface area (Å²) in [6.45, 7) is 6.02. The molecule has 18 heavy (non-hydrogen) atoms. The Hall–Kier alpha value is -2.13. The van der Waals surface area contributed by atoms with Crippen molar-refractivity contribution in [2.24, 2.45) is 0 Å². The minimum absolute atomic E-state index is 0.250. The van der Waals surface area contributed by atoms with E-state index in [9.17, 15) is 4.79 Å². The fraction of sp³-hybridized carbons (Fsp3) is 0.385. The molecule has 1 aromatic carbocycles. The van der Waals surface area contributed by atoms with Crippen LogP contribution in [0, 0.1) is 0 Å². The van der Waals surface area contributed by atoms with Crippen LogP contribution < -0.4 is 5.32 Å². The zero-order chi connectivity index (χ0) is 14.0. The quantitative estimate of drug-likeness (QED) is 0.873. The predicted octanol–water partition coefficient (Wildman–Crippen LogP) is 2.13. The molecule has 5 heteroatoms. The summed E-state index contributed by atoms with van der Waals surface area (Å²) in [5, 5.41) is 2.69. The second-order valence-electron chi connectivity index (χ2n) is 4.42. The van der Waals surface area contributed by atoms with Crippen LogP contribution in [0.15, 0.2) is 30.3 Å². The molecule has 0 spiro atoms. The van der Waals surface area contributed by atoms with Crippen LogP contribution in [0.3, 0.4) is 0 Å². The minimum atomic E-state index is -0.444. The Balaban J connectivity index is 0.000000873. The van der Waals surface area contributed by atoms with Crippen LogP contribution in [0.1, 0.15) is 26.3 Å². The average Bonchev–Trinajstić information content (AvgIpc) is 2.27. The summed E-state index contributed by atoms with van der Waals surface area (Å²) in [6, 6.07) is 9.73. The molecule has 1 N–H and O–H groups in total. The highest BCUT2D eigenvalue weighted by Crippen LogP contribution is 2.06. The van der Waals surface area contributed by atoms with Crippen LogP contribution in [0.2, 0.25) is 0 Å². The van der Waals surface area contributed by atoms with Gasteiger partial charge in [0.2, 0.25) is 0 Å². The summed E-state index contributed by atoms with van der Waals surface area (Å²) in [6.07, 6.45) is -0.133. The zero-order valence-corrected chi connectivity index (χ0v) is 10.7. The van der Waals surface area contributed by atoms with Crippen LogP contribution in [0.4, 0.5) is 4.79 Å². The van der Waals surface area contributed by atoms with Crippen LogP contribution in [0.5, 0.6) is 0 Å². The van der Waals surface area contributed by atoms with Crippen LogP contribution in [-0.4, -0.2) is 17.8 Å². The first-order chi connectivity index (χ1) is 8.39. The number of benzene rings is 1. The number of carbonyl (C=O) groups excluding carboxylic acids is 3. The van der Waals surface area contributed by atoms with E-state index in [0.29, 0.717) is 6.54 Å². The van der Waals surface area contributed by atoms with E-state index in [2.05, 4.69) is 5.32 Å². The first-order valence-electron chi connectivity index (χ1n) is 5.39. The molecule has 0 saturated carbocycles. The highest BCUT2D eigenvalue weighted by atomic mass is 16.6. The first kappa shape index (κ1) is 15.9. The van der Waals surface area contributed by atoms with E-state index in [4.69, 9.17) is 14.3 Å². The predicted molar refractivity (Wildman–Crippen MR) is 64.5 cm³/mol. The summed E-state index contributed by atoms with van der Waals surface area (Å²) in [4.78, 5) is 27.5. The van der Waals surface area contributed by atoms with E-state index in [1.165, 1.54) is 0 Å². The van der Waals surface area contributed by atoms with E-state index >= 15 is 0 Å². The molecule has 0 heterocycles. The average molecular weight is 251 g/mol. The Morgan fingerprint density at radius 1 is 1.22 bits per heavy atom. The van der Waals surface area contributed by atoms with E-state index in [1.54, 1.807) is 0 Å². The third kappa shape index (κ3) is 9.12. The lowest BCUT2D eigenvalue weighted by Gasteiger charge is -2.19. The maximum atomic E-state index is 11.3. The van der Waals surface area contributed by atoms with Gasteiger partial charge in [0.15, 0.2) is 0 Å². The zero-order valence-electron chi connectivity index (χ0n) is 10.7. The summed E-state index contributed by atoms with van der Waals surface area (Å²) >= 11 is 0. The monoisotopic (exact) mass is 251 g/mol. The lowest BCUT2D eigenvalue weighted by atomic mass is 10.2. The van der Waals surface area contributed by atoms with Crippen molar-refractivity contribution < 1.29 is 19.1 Å². The molecule has 0 radical (unpaired) electrons. The van der Waals surface area contributed by atoms with Crippen molar-refractivity contribution in [2.45, 2.75) is 32.9 Å². The van der Waals surface area contributed by atoms with Gasteiger partial charge in [0.1, 0.15) is 5.60 Å². The molecule has 0 aliphatic rings. The molecule has 0 bridgehead atoms. The Bertz CT molecular complexity index is 389. The number of alkyl carbamates (subject to hydrolysis) is 1. The van der Waals surface area contributed by atoms with Gasteiger partial charge in [0, 0.05) is 6.54 Å². The molecule has 0 atom stereocenters. The van der Waals surface area contributed by atoms with Gasteiger partial charge >= 0.3 is 12.2 Å². The van der Waals surface area contributed by atoms with Gasteiger partial charge in [-0.3, -0.25) is 0 Å². The van der Waals surface area contributed by atoms with E-state index < -0.39 is 5.60 Å². The Morgan fingerprint density at radius 2 is 1.72 bits per heavy atom. The smallest absolute Gasteiger partial charge is 0.407 e. The number of hydrogen-bond acceptors (Lipinski definition) is 4. The molecule has 5 nitrogen and oxygen atoms in total. The SMILES string of the molecule is CC(C)(C)OC(=O)NCc1ccccc1.O=C=O. The Kier molecular flexibility index (Phi) is 7.08. The fourth-order valence-electron chi connectivity index (χ4n) is 1.08. The maximum Gasteiger partial charge on any atom is 0.407 e. The summed E-state index contributed by atoms with van der Waals surface area (Å²) in [5.74, 6) is 0. The van der Waals surface area contributed by atoms with Crippen molar-refractivity contribution >= 4 is 12.2 Å². The van der Waals surface area contributed by atoms with E-state index in [1.807, 2.05) is 51.1 Å². The second-order valence-corrected chi connectivity index (χ2v) is 4.42. The molecular formula is C13H17NO4. The molecule has 0 unspecified atom stereocenters. The maximum absolute atomic E-state index is 11.3. The third-order valence-corrected chi connectivity index (χ3v) is 1.68. The largest absolute Gasteiger partial charge is 0.444 e. The molecule has 98 valence electrons. The standard InChI is InChI=1S/C12H17NO2.CO2/c1-12(2,3)15-11(14)13-9-10-7-5-4-6-8-10;2-1-3/h4-8H,9H2,1-3H3,(H,13,14);. The van der Waals surface area contributed by atoms with Crippen molar-refractivity contribution in [1.82, 2.24) is 5.32 Å². The highest BCUT2D eigenvalue weighted by molar-refractivity contribution is 5.67. The number of nitrogens with one attached hydrogen (secondary N) is 1. The molecular weight excluding hydrogens is 234 g/mol. The number of hydrogen-bond donors (Lipinski definition) is 1. The lowest BCUT2D eigenvalue weighted by molar-refractivity contribution is -0.191. The van der Waals surface area contributed by atoms with Gasteiger partial charge in [-0.2, -0.15) is 9.59 Å². The van der Waals surface area contributed by atoms with E-state index in [-0.39, 0.29) is 12.2 Å². The number of carbonyl (C=O) groups is 1. The number of amides is 1. The van der Waals surface area contributed by atoms with Gasteiger partial charge < -0.3 is 10.1 Å². The van der Waals surface area contributed by atoms with Gasteiger partial charge in [-0.25, -0.2) is 4.79 Å². The van der Waals surface area contributed by atoms with Crippen molar-refractivity contribution in [3.63, 3.8) is 0 Å². The number of ether oxygens (including phenoxy) is 1. The minimum Gasteiger partial charge on any atom is -0.444 e. The topological polar surface area (TPSA) is 72.5 Å². The summed E-state index contributed by atoms with van der Waals surface area (Å²) in [5.41, 5.74) is 0.615. The Labute approximate surface area is 106 Å². The lowest BCUT2D eigenvalue weighted by Crippen LogP contribution is -2.32. The Morgan fingerprint density at radius 3 is 2.17 bits per heavy atom. The van der Waals surface area contributed by atoms with Crippen molar-refractivity contribution in [1.29, 1.82) is 0 Å². The molecule has 0 fully saturated rings. The van der Waals surface area contributed by atoms with Gasteiger partial charge in [-0.1, -0.05) is 30.3 Å². The van der Waals surface area contributed by atoms with Gasteiger partial charge in [-0.15, -0.1) is 0 Å². The molecule has 1 amide bonds. The number of rotatable bonds is 2. The first-order valence-corrected chi connectivity index (χ1v) is 5.39. The van der Waals surface area contributed by atoms with E-state index in [0.717, 1.165) is 5.56 Å². The fourth-order valence-corrected chi connectivity index (χ4v) is 1.08. The summed E-state index contributed by atoms with van der Waals surface area (Å²) < 4.78 is 5.11. The van der Waals surface area contributed by atoms with Crippen molar-refractivity contribution in [2.75, 3.05) is 0 Å². The summed E-state index contributed by atoms with van der Waals surface area (Å²) in [7, 11) is 0. The molecule has 0 aliphatic carbocycles. The van der Waals surface area contributed by atoms with Gasteiger partial charge in [-0.05, 0) is 26.3 Å². The van der Waals surface area contributed by atoms with Crippen LogP contribution in [-0.2, 0) is 20.9 Å².